The average Bonchev–Trinajstić information content (AvgIpc) is 2.68. The minimum atomic E-state index is -0.129. The third kappa shape index (κ3) is 5.01. The molecule has 27 heavy (non-hydrogen) atoms. The third-order valence-electron chi connectivity index (χ3n) is 4.29. The Bertz CT molecular complexity index is 866. The molecule has 2 heterocycles. The van der Waals surface area contributed by atoms with Crippen molar-refractivity contribution in [1.29, 1.82) is 0 Å². The molecule has 0 unspecified atom stereocenters. The van der Waals surface area contributed by atoms with Crippen molar-refractivity contribution >= 4 is 17.5 Å². The summed E-state index contributed by atoms with van der Waals surface area (Å²) in [5.41, 5.74) is 3.62. The van der Waals surface area contributed by atoms with E-state index in [2.05, 4.69) is 32.5 Å². The summed E-state index contributed by atoms with van der Waals surface area (Å²) < 4.78 is 0. The van der Waals surface area contributed by atoms with Crippen LogP contribution in [-0.2, 0) is 0 Å². The van der Waals surface area contributed by atoms with E-state index in [0.717, 1.165) is 11.4 Å². The molecule has 3 aromatic rings. The van der Waals surface area contributed by atoms with Crippen LogP contribution in [0.3, 0.4) is 0 Å². The lowest BCUT2D eigenvalue weighted by Gasteiger charge is -2.20. The van der Waals surface area contributed by atoms with Gasteiger partial charge in [-0.3, -0.25) is 4.98 Å². The van der Waals surface area contributed by atoms with Gasteiger partial charge in [0.25, 0.3) is 0 Å². The standard InChI is InChI=1S/C21H25N5O/c1-14(2)19(13-27)25-21-24-18(17-6-4-5-11-22-17)12-20(26-21)23-16-9-7-15(3)8-10-16/h4-12,14,19,27H,13H2,1-3H3,(H2,23,24,25,26)/t19-/m0/s1. The fraction of sp³-hybridized carbons (Fsp3) is 0.286. The second-order valence-corrected chi connectivity index (χ2v) is 6.85. The molecule has 0 bridgehead atoms. The van der Waals surface area contributed by atoms with Gasteiger partial charge in [-0.15, -0.1) is 0 Å². The lowest BCUT2D eigenvalue weighted by Crippen LogP contribution is -2.30. The van der Waals surface area contributed by atoms with Crippen molar-refractivity contribution in [2.45, 2.75) is 26.8 Å². The van der Waals surface area contributed by atoms with E-state index >= 15 is 0 Å². The van der Waals surface area contributed by atoms with Crippen molar-refractivity contribution in [3.05, 3.63) is 60.3 Å². The Morgan fingerprint density at radius 2 is 1.78 bits per heavy atom. The minimum absolute atomic E-state index is 0.00949. The predicted octanol–water partition coefficient (Wildman–Crippen LogP) is 4.02. The molecule has 0 fully saturated rings. The molecule has 0 radical (unpaired) electrons. The number of aliphatic hydroxyl groups excluding tert-OH is 1. The molecule has 1 atom stereocenters. The fourth-order valence-corrected chi connectivity index (χ4v) is 2.60. The van der Waals surface area contributed by atoms with Gasteiger partial charge in [0.1, 0.15) is 5.82 Å². The first kappa shape index (κ1) is 18.8. The molecule has 0 saturated heterocycles. The van der Waals surface area contributed by atoms with E-state index in [0.29, 0.717) is 17.5 Å². The first-order chi connectivity index (χ1) is 13.0. The van der Waals surface area contributed by atoms with Crippen molar-refractivity contribution in [1.82, 2.24) is 15.0 Å². The maximum absolute atomic E-state index is 9.63. The lowest BCUT2D eigenvalue weighted by molar-refractivity contribution is 0.248. The van der Waals surface area contributed by atoms with Crippen LogP contribution < -0.4 is 10.6 Å². The summed E-state index contributed by atoms with van der Waals surface area (Å²) in [4.78, 5) is 13.6. The molecule has 1 aromatic carbocycles. The van der Waals surface area contributed by atoms with Crippen LogP contribution in [0.15, 0.2) is 54.7 Å². The number of aliphatic hydroxyl groups is 1. The van der Waals surface area contributed by atoms with Crippen molar-refractivity contribution in [2.75, 3.05) is 17.2 Å². The van der Waals surface area contributed by atoms with Gasteiger partial charge >= 0.3 is 0 Å². The van der Waals surface area contributed by atoms with E-state index in [4.69, 9.17) is 0 Å². The molecular weight excluding hydrogens is 338 g/mol. The third-order valence-corrected chi connectivity index (χ3v) is 4.29. The molecule has 0 amide bonds. The SMILES string of the molecule is Cc1ccc(Nc2cc(-c3ccccn3)nc(N[C@@H](CO)C(C)C)n2)cc1. The van der Waals surface area contributed by atoms with E-state index in [-0.39, 0.29) is 18.6 Å². The van der Waals surface area contributed by atoms with E-state index in [1.54, 1.807) is 6.20 Å². The highest BCUT2D eigenvalue weighted by molar-refractivity contribution is 5.65. The van der Waals surface area contributed by atoms with Gasteiger partial charge in [0, 0.05) is 18.0 Å². The fourth-order valence-electron chi connectivity index (χ4n) is 2.60. The quantitative estimate of drug-likeness (QED) is 0.588. The maximum atomic E-state index is 9.63. The highest BCUT2D eigenvalue weighted by atomic mass is 16.3. The van der Waals surface area contributed by atoms with Crippen molar-refractivity contribution in [3.8, 4) is 11.4 Å². The van der Waals surface area contributed by atoms with Crippen molar-refractivity contribution in [2.24, 2.45) is 5.92 Å². The van der Waals surface area contributed by atoms with Gasteiger partial charge < -0.3 is 15.7 Å². The first-order valence-electron chi connectivity index (χ1n) is 9.06. The number of nitrogens with zero attached hydrogens (tertiary/aromatic N) is 3. The molecule has 140 valence electrons. The van der Waals surface area contributed by atoms with Gasteiger partial charge in [0.15, 0.2) is 0 Å². The molecule has 6 heteroatoms. The normalized spacial score (nSPS) is 12.0. The topological polar surface area (TPSA) is 83.0 Å². The van der Waals surface area contributed by atoms with E-state index in [9.17, 15) is 5.11 Å². The molecule has 0 spiro atoms. The number of nitrogens with one attached hydrogen (secondary N) is 2. The van der Waals surface area contributed by atoms with Gasteiger partial charge in [-0.05, 0) is 37.1 Å². The Balaban J connectivity index is 1.96. The lowest BCUT2D eigenvalue weighted by atomic mass is 10.1. The number of aromatic nitrogens is 3. The smallest absolute Gasteiger partial charge is 0.225 e. The molecule has 3 rings (SSSR count). The molecule has 0 aliphatic rings. The number of anilines is 3. The second kappa shape index (κ2) is 8.60. The van der Waals surface area contributed by atoms with E-state index in [1.807, 2.05) is 62.4 Å². The molecule has 3 N–H and O–H groups in total. The summed E-state index contributed by atoms with van der Waals surface area (Å²) in [5.74, 6) is 1.36. The van der Waals surface area contributed by atoms with Crippen LogP contribution in [0.4, 0.5) is 17.5 Å². The highest BCUT2D eigenvalue weighted by Gasteiger charge is 2.15. The van der Waals surface area contributed by atoms with Crippen LogP contribution >= 0.6 is 0 Å². The number of pyridine rings is 1. The molecule has 6 nitrogen and oxygen atoms in total. The zero-order valence-corrected chi connectivity index (χ0v) is 15.8. The summed E-state index contributed by atoms with van der Waals surface area (Å²) in [7, 11) is 0. The largest absolute Gasteiger partial charge is 0.394 e. The number of benzene rings is 1. The summed E-state index contributed by atoms with van der Waals surface area (Å²) in [6.45, 7) is 6.15. The van der Waals surface area contributed by atoms with Gasteiger partial charge in [-0.25, -0.2) is 4.98 Å². The van der Waals surface area contributed by atoms with Crippen LogP contribution in [0.25, 0.3) is 11.4 Å². The van der Waals surface area contributed by atoms with Crippen molar-refractivity contribution < 1.29 is 5.11 Å². The summed E-state index contributed by atoms with van der Waals surface area (Å²) >= 11 is 0. The van der Waals surface area contributed by atoms with Crippen LogP contribution in [-0.4, -0.2) is 32.7 Å². The van der Waals surface area contributed by atoms with Crippen LogP contribution in [0, 0.1) is 12.8 Å². The predicted molar refractivity (Wildman–Crippen MR) is 109 cm³/mol. The van der Waals surface area contributed by atoms with E-state index < -0.39 is 0 Å². The Morgan fingerprint density at radius 1 is 1.00 bits per heavy atom. The second-order valence-electron chi connectivity index (χ2n) is 6.85. The number of hydrogen-bond donors (Lipinski definition) is 3. The van der Waals surface area contributed by atoms with Crippen LogP contribution in [0.5, 0.6) is 0 Å². The molecular formula is C21H25N5O. The van der Waals surface area contributed by atoms with Gasteiger partial charge in [0.05, 0.1) is 24.0 Å². The first-order valence-corrected chi connectivity index (χ1v) is 9.06. The van der Waals surface area contributed by atoms with Crippen molar-refractivity contribution in [3.63, 3.8) is 0 Å². The molecule has 0 aliphatic heterocycles. The average molecular weight is 363 g/mol. The Labute approximate surface area is 159 Å². The Morgan fingerprint density at radius 3 is 2.41 bits per heavy atom. The Kier molecular flexibility index (Phi) is 5.98. The van der Waals surface area contributed by atoms with Gasteiger partial charge in [-0.2, -0.15) is 4.98 Å². The summed E-state index contributed by atoms with van der Waals surface area (Å²) in [6, 6.07) is 15.6. The number of rotatable bonds is 7. The van der Waals surface area contributed by atoms with Gasteiger partial charge in [0.2, 0.25) is 5.95 Å². The zero-order chi connectivity index (χ0) is 19.2. The molecule has 0 saturated carbocycles. The maximum Gasteiger partial charge on any atom is 0.225 e. The molecule has 0 aliphatic carbocycles. The highest BCUT2D eigenvalue weighted by Crippen LogP contribution is 2.23. The van der Waals surface area contributed by atoms with Gasteiger partial charge in [-0.1, -0.05) is 37.6 Å². The molecule has 2 aromatic heterocycles. The van der Waals surface area contributed by atoms with Crippen LogP contribution in [0.2, 0.25) is 0 Å². The zero-order valence-electron chi connectivity index (χ0n) is 15.8. The van der Waals surface area contributed by atoms with E-state index in [1.165, 1.54) is 5.56 Å². The monoisotopic (exact) mass is 363 g/mol. The minimum Gasteiger partial charge on any atom is -0.394 e. The summed E-state index contributed by atoms with van der Waals surface area (Å²) in [6.07, 6.45) is 1.74. The number of aryl methyl sites for hydroxylation is 1. The van der Waals surface area contributed by atoms with Crippen LogP contribution in [0.1, 0.15) is 19.4 Å². The summed E-state index contributed by atoms with van der Waals surface area (Å²) in [5, 5.41) is 16.2. The number of hydrogen-bond acceptors (Lipinski definition) is 6. The Hall–Kier alpha value is -2.99.